The summed E-state index contributed by atoms with van der Waals surface area (Å²) in [4.78, 5) is 0. The second-order valence-electron chi connectivity index (χ2n) is 2.69. The van der Waals surface area contributed by atoms with Crippen LogP contribution in [0.5, 0.6) is 0 Å². The van der Waals surface area contributed by atoms with Gasteiger partial charge in [-0.05, 0) is 0 Å². The van der Waals surface area contributed by atoms with Gasteiger partial charge in [0.25, 0.3) is 0 Å². The molecule has 0 spiro atoms. The minimum atomic E-state index is -4.67. The Hall–Kier alpha value is -0.261. The third-order valence-corrected chi connectivity index (χ3v) is 0. The molecule has 0 aliphatic rings. The summed E-state index contributed by atoms with van der Waals surface area (Å²) in [6, 6.07) is 0. The summed E-state index contributed by atoms with van der Waals surface area (Å²) in [5.41, 5.74) is 0. The summed E-state index contributed by atoms with van der Waals surface area (Å²) in [6.07, 6.45) is 0. The molecule has 0 amide bonds. The maximum Gasteiger partial charge on any atom is 0.394 e. The Morgan fingerprint density at radius 1 is 0.226 bits per heavy atom. The molecule has 0 aromatic rings. The maximum atomic E-state index is 8.74. The second kappa shape index (κ2) is 19.2. The molecule has 0 saturated carbocycles. The van der Waals surface area contributed by atoms with Gasteiger partial charge in [0.1, 0.15) is 0 Å². The van der Waals surface area contributed by atoms with Gasteiger partial charge in [-0.15, -0.1) is 0 Å². The van der Waals surface area contributed by atoms with Crippen molar-refractivity contribution in [2.24, 2.45) is 0 Å². The van der Waals surface area contributed by atoms with Crippen LogP contribution in [0.15, 0.2) is 0 Å². The quantitative estimate of drug-likeness (QED) is 0.0885. The molecule has 1 radical (unpaired) electrons. The second-order valence-corrected chi connectivity index (χ2v) is 8.06. The van der Waals surface area contributed by atoms with Crippen LogP contribution in [0, 0.1) is 0 Å². The zero-order valence-electron chi connectivity index (χ0n) is 13.1. The van der Waals surface area contributed by atoms with E-state index in [1.165, 1.54) is 0 Å². The molecule has 0 aliphatic heterocycles. The Morgan fingerprint density at radius 2 is 0.226 bits per heavy atom. The molecule has 31 heteroatoms. The molecule has 0 aliphatic carbocycles. The molecule has 0 bridgehead atoms. The average molecular weight is 643 g/mol. The summed E-state index contributed by atoms with van der Waals surface area (Å²) in [5, 5.41) is 0. The molecule has 0 fully saturated rings. The smallest absolute Gasteiger partial charge is 0.264 e. The average Bonchev–Trinajstić information content (AvgIpc) is 1.94. The van der Waals surface area contributed by atoms with Crippen LogP contribution in [0.1, 0.15) is 0 Å². The summed E-state index contributed by atoms with van der Waals surface area (Å²) >= 11 is 0. The van der Waals surface area contributed by atoms with Gasteiger partial charge in [-0.1, -0.05) is 0 Å². The van der Waals surface area contributed by atoms with Crippen molar-refractivity contribution in [3.05, 3.63) is 0 Å². The van der Waals surface area contributed by atoms with Gasteiger partial charge in [0.15, 0.2) is 0 Å². The Bertz CT molecular complexity index is 760. The van der Waals surface area contributed by atoms with E-state index in [1.807, 2.05) is 0 Å². The van der Waals surface area contributed by atoms with E-state index in [2.05, 4.69) is 0 Å². The number of rotatable bonds is 0. The van der Waals surface area contributed by atoms with Crippen molar-refractivity contribution in [2.45, 2.75) is 0 Å². The van der Waals surface area contributed by atoms with Crippen LogP contribution in [0.3, 0.4) is 0 Å². The van der Waals surface area contributed by atoms with E-state index >= 15 is 0 Å². The first-order chi connectivity index (χ1) is 12.0. The van der Waals surface area contributed by atoms with Crippen molar-refractivity contribution in [1.29, 1.82) is 0 Å². The van der Waals surface area contributed by atoms with Crippen LogP contribution in [0.2, 0.25) is 0 Å². The van der Waals surface area contributed by atoms with Crippen molar-refractivity contribution in [3.63, 3.8) is 0 Å². The molecule has 0 saturated heterocycles. The Balaban J connectivity index is -0.0000000443. The molecule has 0 unspecified atom stereocenters. The minimum absolute atomic E-state index is 0. The topological polar surface area (TPSA) is 448 Å². The first-order valence-corrected chi connectivity index (χ1v) is 12.6. The van der Waals surface area contributed by atoms with E-state index < -0.39 is 62.4 Å². The summed E-state index contributed by atoms with van der Waals surface area (Å²) in [6.45, 7) is 0. The Labute approximate surface area is 184 Å². The molecule has 0 rings (SSSR count). The normalized spacial score (nSPS) is 11.2. The van der Waals surface area contributed by atoms with Crippen LogP contribution < -0.4 is 0 Å². The number of hydrogen-bond donors (Lipinski definition) is 12. The van der Waals surface area contributed by atoms with E-state index in [4.69, 9.17) is 105 Å². The van der Waals surface area contributed by atoms with E-state index in [0.29, 0.717) is 0 Å². The predicted molar refractivity (Wildman–Crippen MR) is 85.1 cm³/mol. The maximum absolute atomic E-state index is 8.74. The van der Waals surface area contributed by atoms with E-state index in [0.717, 1.165) is 0 Å². The fraction of sp³-hybridized carbons (Fsp3) is 0. The fourth-order valence-electron chi connectivity index (χ4n) is 0. The van der Waals surface area contributed by atoms with E-state index in [9.17, 15) is 0 Å². The SMILES string of the molecule is O=S(=O)(O)O.O=S(=O)(O)O.O=S(=O)(O)O.O=S(=O)(O)O.O=S(=O)(O)O.O=S(=O)(O)O.[Mn]. The van der Waals surface area contributed by atoms with Crippen LogP contribution in [0.4, 0.5) is 0 Å². The van der Waals surface area contributed by atoms with Gasteiger partial charge in [-0.3, -0.25) is 54.6 Å². The molecule has 12 N–H and O–H groups in total. The van der Waals surface area contributed by atoms with Crippen LogP contribution in [-0.2, 0) is 79.5 Å². The Morgan fingerprint density at radius 3 is 0.226 bits per heavy atom. The van der Waals surface area contributed by atoms with Crippen LogP contribution in [0.25, 0.3) is 0 Å². The molecule has 24 nitrogen and oxygen atoms in total. The van der Waals surface area contributed by atoms with Crippen molar-refractivity contribution < 1.29 is 122 Å². The first-order valence-electron chi connectivity index (χ1n) is 4.19. The number of hydrogen-bond acceptors (Lipinski definition) is 12. The van der Waals surface area contributed by atoms with Gasteiger partial charge >= 0.3 is 62.4 Å². The van der Waals surface area contributed by atoms with E-state index in [-0.39, 0.29) is 17.1 Å². The molecule has 0 aromatic heterocycles. The summed E-state index contributed by atoms with van der Waals surface area (Å²) in [5.74, 6) is 0. The fourth-order valence-corrected chi connectivity index (χ4v) is 0. The zero-order valence-corrected chi connectivity index (χ0v) is 19.2. The van der Waals surface area contributed by atoms with Gasteiger partial charge in [0.05, 0.1) is 0 Å². The zero-order chi connectivity index (χ0) is 27.0. The van der Waals surface area contributed by atoms with Crippen molar-refractivity contribution in [3.8, 4) is 0 Å². The van der Waals surface area contributed by atoms with Gasteiger partial charge in [-0.25, -0.2) is 0 Å². The van der Waals surface area contributed by atoms with Gasteiger partial charge in [0.2, 0.25) is 0 Å². The van der Waals surface area contributed by atoms with Crippen molar-refractivity contribution in [1.82, 2.24) is 0 Å². The monoisotopic (exact) mass is 643 g/mol. The third kappa shape index (κ3) is 337000. The van der Waals surface area contributed by atoms with Crippen molar-refractivity contribution >= 4 is 62.4 Å². The van der Waals surface area contributed by atoms with Gasteiger partial charge in [0, 0.05) is 17.1 Å². The first kappa shape index (κ1) is 48.2. The van der Waals surface area contributed by atoms with Crippen LogP contribution >= 0.6 is 0 Å². The summed E-state index contributed by atoms with van der Waals surface area (Å²) < 4.78 is 190. The molecule has 0 atom stereocenters. The summed E-state index contributed by atoms with van der Waals surface area (Å²) in [7, 11) is -28.0. The van der Waals surface area contributed by atoms with Crippen molar-refractivity contribution in [2.75, 3.05) is 0 Å². The largest absolute Gasteiger partial charge is 0.394 e. The van der Waals surface area contributed by atoms with E-state index in [1.54, 1.807) is 0 Å². The van der Waals surface area contributed by atoms with Crippen LogP contribution in [-0.4, -0.2) is 105 Å². The standard InChI is InChI=1S/Mn.6H2O4S/c;6*1-5(2,3)4/h;6*(H2,1,2,3,4). The third-order valence-electron chi connectivity index (χ3n) is 0. The molecule has 0 heterocycles. The Kier molecular flexibility index (Phi) is 29.9. The van der Waals surface area contributed by atoms with Gasteiger partial charge in [-0.2, -0.15) is 50.5 Å². The van der Waals surface area contributed by atoms with Gasteiger partial charge < -0.3 is 0 Å². The molecule has 0 aromatic carbocycles. The molecule has 31 heavy (non-hydrogen) atoms. The molecular weight excluding hydrogens is 631 g/mol. The predicted octanol–water partition coefficient (Wildman–Crippen LogP) is -3.92. The molecule has 199 valence electrons. The minimum Gasteiger partial charge on any atom is -0.264 e. The molecular formula is H12MnO24S6.